The average Bonchev–Trinajstić information content (AvgIpc) is 2.70. The molecule has 0 unspecified atom stereocenters. The van der Waals surface area contributed by atoms with Crippen molar-refractivity contribution >= 4 is 45.5 Å². The second-order valence-electron chi connectivity index (χ2n) is 2.95. The molecule has 0 amide bonds. The number of hydrogen-bond donors (Lipinski definition) is 0. The minimum absolute atomic E-state index is 0.520. The summed E-state index contributed by atoms with van der Waals surface area (Å²) in [6, 6.07) is 4.15. The van der Waals surface area contributed by atoms with Crippen LogP contribution in [0.5, 0.6) is 0 Å². The van der Waals surface area contributed by atoms with Gasteiger partial charge in [0.05, 0.1) is 8.45 Å². The van der Waals surface area contributed by atoms with E-state index < -0.39 is 0 Å². The highest BCUT2D eigenvalue weighted by Gasteiger charge is 2.07. The van der Waals surface area contributed by atoms with Gasteiger partial charge in [-0.1, -0.05) is 18.5 Å². The van der Waals surface area contributed by atoms with E-state index in [9.17, 15) is 0 Å². The van der Waals surface area contributed by atoms with Gasteiger partial charge in [0, 0.05) is 11.1 Å². The Kier molecular flexibility index (Phi) is 3.58. The highest BCUT2D eigenvalue weighted by Crippen LogP contribution is 2.27. The van der Waals surface area contributed by atoms with Crippen LogP contribution >= 0.6 is 45.5 Å². The summed E-state index contributed by atoms with van der Waals surface area (Å²) in [6.45, 7) is 2.14. The molecule has 2 aromatic rings. The first-order chi connectivity index (χ1) is 7.20. The van der Waals surface area contributed by atoms with E-state index in [0.29, 0.717) is 11.0 Å². The van der Waals surface area contributed by atoms with Gasteiger partial charge in [-0.2, -0.15) is 0 Å². The van der Waals surface area contributed by atoms with Crippen LogP contribution in [0, 0.1) is 3.57 Å². The van der Waals surface area contributed by atoms with Crippen LogP contribution < -0.4 is 0 Å². The lowest BCUT2D eigenvalue weighted by Crippen LogP contribution is -1.88. The van der Waals surface area contributed by atoms with E-state index in [1.165, 1.54) is 4.88 Å². The number of halogens is 2. The summed E-state index contributed by atoms with van der Waals surface area (Å²) in [4.78, 5) is 10.9. The fraction of sp³-hybridized carbons (Fsp3) is 0.200. The highest BCUT2D eigenvalue weighted by atomic mass is 127. The van der Waals surface area contributed by atoms with Gasteiger partial charge < -0.3 is 0 Å². The molecular weight excluding hydrogens is 343 g/mol. The zero-order valence-corrected chi connectivity index (χ0v) is 11.7. The standard InChI is InChI=1S/C10H8ClIN2S/c1-2-6-3-4-8(15-6)10-13-5-7(12)9(11)14-10/h3-5H,2H2,1H3. The van der Waals surface area contributed by atoms with Gasteiger partial charge in [0.15, 0.2) is 5.82 Å². The molecule has 2 aromatic heterocycles. The third-order valence-electron chi connectivity index (χ3n) is 1.93. The van der Waals surface area contributed by atoms with Gasteiger partial charge in [-0.3, -0.25) is 0 Å². The molecule has 5 heteroatoms. The first-order valence-electron chi connectivity index (χ1n) is 4.48. The van der Waals surface area contributed by atoms with Crippen molar-refractivity contribution in [2.75, 3.05) is 0 Å². The van der Waals surface area contributed by atoms with Gasteiger partial charge >= 0.3 is 0 Å². The summed E-state index contributed by atoms with van der Waals surface area (Å²) in [5.74, 6) is 0.713. The van der Waals surface area contributed by atoms with Crippen molar-refractivity contribution in [3.8, 4) is 10.7 Å². The molecule has 2 heterocycles. The van der Waals surface area contributed by atoms with E-state index in [2.05, 4.69) is 45.5 Å². The Morgan fingerprint density at radius 1 is 1.47 bits per heavy atom. The lowest BCUT2D eigenvalue weighted by molar-refractivity contribution is 1.17. The fourth-order valence-electron chi connectivity index (χ4n) is 1.15. The third-order valence-corrected chi connectivity index (χ3v) is 4.55. The molecule has 15 heavy (non-hydrogen) atoms. The molecule has 0 aliphatic heterocycles. The van der Waals surface area contributed by atoms with Gasteiger partial charge in [-0.25, -0.2) is 9.97 Å². The average molecular weight is 351 g/mol. The fourth-order valence-corrected chi connectivity index (χ4v) is 2.43. The monoisotopic (exact) mass is 350 g/mol. The van der Waals surface area contributed by atoms with E-state index in [1.54, 1.807) is 17.5 Å². The Morgan fingerprint density at radius 2 is 2.27 bits per heavy atom. The molecule has 0 aliphatic rings. The number of aryl methyl sites for hydroxylation is 1. The maximum Gasteiger partial charge on any atom is 0.171 e. The summed E-state index contributed by atoms with van der Waals surface area (Å²) in [5.41, 5.74) is 0. The van der Waals surface area contributed by atoms with Crippen LogP contribution in [0.15, 0.2) is 18.3 Å². The molecule has 0 spiro atoms. The molecule has 0 saturated heterocycles. The third kappa shape index (κ3) is 2.49. The summed E-state index contributed by atoms with van der Waals surface area (Å²) in [7, 11) is 0. The van der Waals surface area contributed by atoms with Crippen molar-refractivity contribution in [3.05, 3.63) is 31.9 Å². The number of thiophene rings is 1. The predicted octanol–water partition coefficient (Wildman–Crippen LogP) is 4.03. The van der Waals surface area contributed by atoms with Crippen LogP contribution in [-0.2, 0) is 6.42 Å². The van der Waals surface area contributed by atoms with Crippen LogP contribution in [0.25, 0.3) is 10.7 Å². The lowest BCUT2D eigenvalue weighted by Gasteiger charge is -1.97. The van der Waals surface area contributed by atoms with Gasteiger partial charge in [-0.15, -0.1) is 11.3 Å². The second-order valence-corrected chi connectivity index (χ2v) is 5.64. The van der Waals surface area contributed by atoms with E-state index in [0.717, 1.165) is 14.9 Å². The van der Waals surface area contributed by atoms with Crippen molar-refractivity contribution < 1.29 is 0 Å². The number of rotatable bonds is 2. The van der Waals surface area contributed by atoms with Crippen molar-refractivity contribution in [1.29, 1.82) is 0 Å². The molecular formula is C10H8ClIN2S. The van der Waals surface area contributed by atoms with Gasteiger partial charge in [0.1, 0.15) is 5.15 Å². The van der Waals surface area contributed by atoms with E-state index in [-0.39, 0.29) is 0 Å². The smallest absolute Gasteiger partial charge is 0.171 e. The lowest BCUT2D eigenvalue weighted by atomic mass is 10.3. The van der Waals surface area contributed by atoms with E-state index in [4.69, 9.17) is 11.6 Å². The summed E-state index contributed by atoms with van der Waals surface area (Å²) >= 11 is 9.78. The van der Waals surface area contributed by atoms with Crippen LogP contribution in [-0.4, -0.2) is 9.97 Å². The van der Waals surface area contributed by atoms with Crippen LogP contribution in [0.4, 0.5) is 0 Å². The Hall–Kier alpha value is -0.200. The largest absolute Gasteiger partial charge is 0.235 e. The molecule has 0 N–H and O–H groups in total. The van der Waals surface area contributed by atoms with Crippen molar-refractivity contribution in [1.82, 2.24) is 9.97 Å². The zero-order valence-electron chi connectivity index (χ0n) is 8.00. The molecule has 78 valence electrons. The Labute approximate surface area is 111 Å². The number of hydrogen-bond acceptors (Lipinski definition) is 3. The van der Waals surface area contributed by atoms with Gasteiger partial charge in [0.2, 0.25) is 0 Å². The maximum absolute atomic E-state index is 5.95. The molecule has 0 fully saturated rings. The van der Waals surface area contributed by atoms with E-state index >= 15 is 0 Å². The maximum atomic E-state index is 5.95. The predicted molar refractivity (Wildman–Crippen MR) is 72.5 cm³/mol. The first-order valence-corrected chi connectivity index (χ1v) is 6.75. The molecule has 0 bridgehead atoms. The van der Waals surface area contributed by atoms with Crippen LogP contribution in [0.2, 0.25) is 5.15 Å². The Balaban J connectivity index is 2.40. The van der Waals surface area contributed by atoms with Gasteiger partial charge in [0.25, 0.3) is 0 Å². The van der Waals surface area contributed by atoms with Gasteiger partial charge in [-0.05, 0) is 41.1 Å². The van der Waals surface area contributed by atoms with Crippen molar-refractivity contribution in [3.63, 3.8) is 0 Å². The Morgan fingerprint density at radius 3 is 2.87 bits per heavy atom. The Bertz CT molecular complexity index is 484. The van der Waals surface area contributed by atoms with E-state index in [1.807, 2.05) is 6.07 Å². The summed E-state index contributed by atoms with van der Waals surface area (Å²) in [6.07, 6.45) is 2.79. The normalized spacial score (nSPS) is 10.6. The SMILES string of the molecule is CCc1ccc(-c2ncc(I)c(Cl)n2)s1. The molecule has 0 atom stereocenters. The summed E-state index contributed by atoms with van der Waals surface area (Å²) < 4.78 is 0.880. The molecule has 0 aromatic carbocycles. The minimum atomic E-state index is 0.520. The molecule has 2 rings (SSSR count). The van der Waals surface area contributed by atoms with Crippen LogP contribution in [0.3, 0.4) is 0 Å². The molecule has 0 saturated carbocycles. The molecule has 2 nitrogen and oxygen atoms in total. The second kappa shape index (κ2) is 4.76. The van der Waals surface area contributed by atoms with Crippen molar-refractivity contribution in [2.24, 2.45) is 0 Å². The van der Waals surface area contributed by atoms with Crippen molar-refractivity contribution in [2.45, 2.75) is 13.3 Å². The minimum Gasteiger partial charge on any atom is -0.235 e. The highest BCUT2D eigenvalue weighted by molar-refractivity contribution is 14.1. The first kappa shape index (κ1) is 11.3. The summed E-state index contributed by atoms with van der Waals surface area (Å²) in [5, 5.41) is 0.520. The quantitative estimate of drug-likeness (QED) is 0.604. The van der Waals surface area contributed by atoms with Crippen LogP contribution in [0.1, 0.15) is 11.8 Å². The molecule has 0 radical (unpaired) electrons. The number of nitrogens with zero attached hydrogens (tertiary/aromatic N) is 2. The molecule has 0 aliphatic carbocycles. The number of aromatic nitrogens is 2. The zero-order chi connectivity index (χ0) is 10.8. The topological polar surface area (TPSA) is 25.8 Å².